The highest BCUT2D eigenvalue weighted by Crippen LogP contribution is 2.25. The molecule has 0 aromatic carbocycles. The van der Waals surface area contributed by atoms with E-state index in [-0.39, 0.29) is 24.0 Å². The van der Waals surface area contributed by atoms with Gasteiger partial charge < -0.3 is 15.5 Å². The van der Waals surface area contributed by atoms with E-state index in [1.54, 1.807) is 6.20 Å². The van der Waals surface area contributed by atoms with Crippen molar-refractivity contribution in [3.8, 4) is 0 Å². The second-order valence-electron chi connectivity index (χ2n) is 6.77. The summed E-state index contributed by atoms with van der Waals surface area (Å²) in [5, 5.41) is 14.6. The Labute approximate surface area is 188 Å². The molecule has 1 saturated heterocycles. The van der Waals surface area contributed by atoms with Gasteiger partial charge in [0.2, 0.25) is 0 Å². The van der Waals surface area contributed by atoms with E-state index in [4.69, 9.17) is 16.6 Å². The summed E-state index contributed by atoms with van der Waals surface area (Å²) in [6, 6.07) is 4.08. The predicted molar refractivity (Wildman–Crippen MR) is 126 cm³/mol. The molecule has 0 amide bonds. The average molecular weight is 518 g/mol. The molecule has 1 atom stereocenters. The minimum Gasteiger partial charge on any atom is -0.357 e. The molecule has 0 spiro atoms. The molecular formula is C19H29ClIN7. The van der Waals surface area contributed by atoms with E-state index in [2.05, 4.69) is 44.6 Å². The van der Waals surface area contributed by atoms with Gasteiger partial charge in [-0.15, -0.1) is 24.0 Å². The number of pyridine rings is 1. The number of hydrogen-bond acceptors (Lipinski definition) is 4. The number of anilines is 1. The molecule has 0 aliphatic carbocycles. The lowest BCUT2D eigenvalue weighted by Gasteiger charge is -2.20. The predicted octanol–water partition coefficient (Wildman–Crippen LogP) is 3.15. The largest absolute Gasteiger partial charge is 0.357 e. The van der Waals surface area contributed by atoms with Crippen LogP contribution in [-0.2, 0) is 6.42 Å². The standard InChI is InChI=1S/C19H28ClN7.HI/c1-3-21-19(23-10-4-6-15-12-24-26-14(15)2)25-16-8-11-27(13-16)18-17(20)7-5-9-22-18;/h5,7,9,12,16H,3-4,6,8,10-11,13H2,1-2H3,(H,24,26)(H2,21,23,25);1H. The molecule has 7 nitrogen and oxygen atoms in total. The number of aromatic nitrogens is 3. The molecule has 1 aliphatic rings. The molecule has 0 saturated carbocycles. The van der Waals surface area contributed by atoms with E-state index in [0.29, 0.717) is 11.1 Å². The van der Waals surface area contributed by atoms with Crippen molar-refractivity contribution in [1.29, 1.82) is 0 Å². The number of guanidine groups is 1. The molecule has 28 heavy (non-hydrogen) atoms. The summed E-state index contributed by atoms with van der Waals surface area (Å²) in [7, 11) is 0. The maximum absolute atomic E-state index is 6.28. The molecule has 2 aromatic rings. The zero-order valence-corrected chi connectivity index (χ0v) is 19.5. The first-order chi connectivity index (χ1) is 13.2. The van der Waals surface area contributed by atoms with Crippen LogP contribution in [0.4, 0.5) is 5.82 Å². The maximum atomic E-state index is 6.28. The Balaban J connectivity index is 0.00000280. The molecule has 0 radical (unpaired) electrons. The van der Waals surface area contributed by atoms with Crippen LogP contribution in [0, 0.1) is 6.92 Å². The van der Waals surface area contributed by atoms with E-state index in [1.807, 2.05) is 18.3 Å². The van der Waals surface area contributed by atoms with Crippen LogP contribution >= 0.6 is 35.6 Å². The topological polar surface area (TPSA) is 81.2 Å². The fourth-order valence-electron chi connectivity index (χ4n) is 3.28. The number of aliphatic imine (C=N–C) groups is 1. The molecule has 3 rings (SSSR count). The van der Waals surface area contributed by atoms with Gasteiger partial charge in [-0.25, -0.2) is 4.98 Å². The summed E-state index contributed by atoms with van der Waals surface area (Å²) >= 11 is 6.28. The van der Waals surface area contributed by atoms with E-state index >= 15 is 0 Å². The summed E-state index contributed by atoms with van der Waals surface area (Å²) in [4.78, 5) is 11.4. The first-order valence-electron chi connectivity index (χ1n) is 9.56. The van der Waals surface area contributed by atoms with Crippen molar-refractivity contribution in [2.24, 2.45) is 4.99 Å². The zero-order valence-electron chi connectivity index (χ0n) is 16.4. The van der Waals surface area contributed by atoms with Crippen molar-refractivity contribution in [2.75, 3.05) is 31.1 Å². The lowest BCUT2D eigenvalue weighted by molar-refractivity contribution is 0.647. The van der Waals surface area contributed by atoms with Crippen molar-refractivity contribution in [3.63, 3.8) is 0 Å². The number of nitrogens with one attached hydrogen (secondary N) is 3. The normalized spacial score (nSPS) is 16.8. The smallest absolute Gasteiger partial charge is 0.191 e. The fraction of sp³-hybridized carbons (Fsp3) is 0.526. The monoisotopic (exact) mass is 517 g/mol. The number of hydrogen-bond donors (Lipinski definition) is 3. The number of aryl methyl sites for hydroxylation is 2. The summed E-state index contributed by atoms with van der Waals surface area (Å²) in [6.45, 7) is 7.57. The molecule has 9 heteroatoms. The number of halogens is 2. The number of H-pyrrole nitrogens is 1. The Hall–Kier alpha value is -1.55. The van der Waals surface area contributed by atoms with Crippen molar-refractivity contribution in [3.05, 3.63) is 40.8 Å². The van der Waals surface area contributed by atoms with Gasteiger partial charge >= 0.3 is 0 Å². The van der Waals surface area contributed by atoms with Gasteiger partial charge in [0.05, 0.1) is 11.2 Å². The Bertz CT molecular complexity index is 764. The Morgan fingerprint density at radius 3 is 3.04 bits per heavy atom. The Morgan fingerprint density at radius 2 is 2.32 bits per heavy atom. The first-order valence-corrected chi connectivity index (χ1v) is 9.94. The number of rotatable bonds is 7. The third kappa shape index (κ3) is 6.23. The molecule has 3 N–H and O–H groups in total. The van der Waals surface area contributed by atoms with Gasteiger partial charge in [0.25, 0.3) is 0 Å². The molecule has 1 unspecified atom stereocenters. The molecule has 3 heterocycles. The fourth-order valence-corrected chi connectivity index (χ4v) is 3.52. The zero-order chi connectivity index (χ0) is 19.1. The minimum absolute atomic E-state index is 0. The van der Waals surface area contributed by atoms with E-state index in [9.17, 15) is 0 Å². The van der Waals surface area contributed by atoms with Crippen molar-refractivity contribution < 1.29 is 0 Å². The van der Waals surface area contributed by atoms with Crippen LogP contribution in [0.2, 0.25) is 5.02 Å². The molecule has 2 aromatic heterocycles. The van der Waals surface area contributed by atoms with Gasteiger partial charge in [0.15, 0.2) is 5.96 Å². The van der Waals surface area contributed by atoms with Gasteiger partial charge in [-0.1, -0.05) is 11.6 Å². The van der Waals surface area contributed by atoms with Crippen LogP contribution in [0.1, 0.15) is 31.0 Å². The van der Waals surface area contributed by atoms with Gasteiger partial charge in [-0.3, -0.25) is 10.1 Å². The summed E-state index contributed by atoms with van der Waals surface area (Å²) in [5.74, 6) is 1.74. The van der Waals surface area contributed by atoms with E-state index < -0.39 is 0 Å². The summed E-state index contributed by atoms with van der Waals surface area (Å²) in [5.41, 5.74) is 2.41. The summed E-state index contributed by atoms with van der Waals surface area (Å²) < 4.78 is 0. The van der Waals surface area contributed by atoms with E-state index in [1.165, 1.54) is 5.56 Å². The van der Waals surface area contributed by atoms with Crippen LogP contribution in [-0.4, -0.2) is 53.4 Å². The SMILES string of the molecule is CCNC(=NCCCc1cn[nH]c1C)NC1CCN(c2ncccc2Cl)C1.I. The summed E-state index contributed by atoms with van der Waals surface area (Å²) in [6.07, 6.45) is 6.71. The number of nitrogens with zero attached hydrogens (tertiary/aromatic N) is 4. The highest BCUT2D eigenvalue weighted by molar-refractivity contribution is 14.0. The third-order valence-corrected chi connectivity index (χ3v) is 5.02. The molecule has 0 bridgehead atoms. The lowest BCUT2D eigenvalue weighted by atomic mass is 10.1. The lowest BCUT2D eigenvalue weighted by Crippen LogP contribution is -2.44. The highest BCUT2D eigenvalue weighted by Gasteiger charge is 2.25. The third-order valence-electron chi connectivity index (χ3n) is 4.72. The second-order valence-corrected chi connectivity index (χ2v) is 7.18. The van der Waals surface area contributed by atoms with Crippen LogP contribution < -0.4 is 15.5 Å². The van der Waals surface area contributed by atoms with Crippen LogP contribution in [0.25, 0.3) is 0 Å². The minimum atomic E-state index is 0. The molecular weight excluding hydrogens is 489 g/mol. The maximum Gasteiger partial charge on any atom is 0.191 e. The van der Waals surface area contributed by atoms with Gasteiger partial charge in [0.1, 0.15) is 5.82 Å². The van der Waals surface area contributed by atoms with Crippen molar-refractivity contribution >= 4 is 47.4 Å². The first kappa shape index (κ1) is 22.7. The van der Waals surface area contributed by atoms with Crippen molar-refractivity contribution in [2.45, 2.75) is 39.2 Å². The van der Waals surface area contributed by atoms with Crippen molar-refractivity contribution in [1.82, 2.24) is 25.8 Å². The Morgan fingerprint density at radius 1 is 1.46 bits per heavy atom. The number of aromatic amines is 1. The van der Waals surface area contributed by atoms with Crippen LogP contribution in [0.3, 0.4) is 0 Å². The molecule has 154 valence electrons. The van der Waals surface area contributed by atoms with Gasteiger partial charge in [-0.2, -0.15) is 5.10 Å². The highest BCUT2D eigenvalue weighted by atomic mass is 127. The average Bonchev–Trinajstić information content (AvgIpc) is 3.28. The Kier molecular flexibility index (Phi) is 9.30. The van der Waals surface area contributed by atoms with Crippen LogP contribution in [0.15, 0.2) is 29.5 Å². The van der Waals surface area contributed by atoms with Gasteiger partial charge in [-0.05, 0) is 50.8 Å². The molecule has 1 aliphatic heterocycles. The van der Waals surface area contributed by atoms with Gasteiger partial charge in [0, 0.05) is 44.1 Å². The van der Waals surface area contributed by atoms with E-state index in [0.717, 1.165) is 62.9 Å². The quantitative estimate of drug-likeness (QED) is 0.228. The molecule has 1 fully saturated rings. The second kappa shape index (κ2) is 11.5. The van der Waals surface area contributed by atoms with Crippen LogP contribution in [0.5, 0.6) is 0 Å².